The molecule has 0 aromatic heterocycles. The second-order valence-electron chi connectivity index (χ2n) is 5.34. The van der Waals surface area contributed by atoms with Crippen LogP contribution >= 0.6 is 11.6 Å². The molecule has 0 unspecified atom stereocenters. The average molecular weight is 299 g/mol. The summed E-state index contributed by atoms with van der Waals surface area (Å²) in [7, 11) is 3.78. The van der Waals surface area contributed by atoms with Crippen LogP contribution in [0.15, 0.2) is 18.2 Å². The highest BCUT2D eigenvalue weighted by Crippen LogP contribution is 2.24. The Kier molecular flexibility index (Phi) is 5.00. The molecule has 0 saturated heterocycles. The first-order chi connectivity index (χ1) is 9.52. The highest BCUT2D eigenvalue weighted by atomic mass is 35.5. The van der Waals surface area contributed by atoms with Gasteiger partial charge >= 0.3 is 0 Å². The summed E-state index contributed by atoms with van der Waals surface area (Å²) >= 11 is 5.73. The van der Waals surface area contributed by atoms with Gasteiger partial charge in [0.15, 0.2) is 0 Å². The maximum Gasteiger partial charge on any atom is 0.253 e. The smallest absolute Gasteiger partial charge is 0.253 e. The molecule has 5 heteroatoms. The maximum atomic E-state index is 13.1. The molecule has 1 aromatic carbocycles. The van der Waals surface area contributed by atoms with E-state index in [4.69, 9.17) is 11.6 Å². The van der Waals surface area contributed by atoms with Crippen molar-refractivity contribution in [1.29, 1.82) is 0 Å². The lowest BCUT2D eigenvalue weighted by molar-refractivity contribution is 0.0685. The Balaban J connectivity index is 2.03. The van der Waals surface area contributed by atoms with Crippen LogP contribution in [0.5, 0.6) is 0 Å². The summed E-state index contributed by atoms with van der Waals surface area (Å²) in [5, 5.41) is 3.26. The van der Waals surface area contributed by atoms with Crippen molar-refractivity contribution in [3.8, 4) is 0 Å². The zero-order valence-corrected chi connectivity index (χ0v) is 12.6. The molecule has 20 heavy (non-hydrogen) atoms. The van der Waals surface area contributed by atoms with Crippen molar-refractivity contribution in [2.45, 2.75) is 37.8 Å². The van der Waals surface area contributed by atoms with Crippen LogP contribution in [0.2, 0.25) is 5.02 Å². The zero-order chi connectivity index (χ0) is 14.7. The van der Waals surface area contributed by atoms with Crippen molar-refractivity contribution in [1.82, 2.24) is 10.2 Å². The van der Waals surface area contributed by atoms with Gasteiger partial charge in [-0.2, -0.15) is 0 Å². The fourth-order valence-electron chi connectivity index (χ4n) is 2.75. The Morgan fingerprint density at radius 1 is 1.35 bits per heavy atom. The van der Waals surface area contributed by atoms with Gasteiger partial charge in [0.05, 0.1) is 5.02 Å². The van der Waals surface area contributed by atoms with Gasteiger partial charge in [-0.3, -0.25) is 4.79 Å². The second kappa shape index (κ2) is 6.55. The monoisotopic (exact) mass is 298 g/mol. The van der Waals surface area contributed by atoms with E-state index in [-0.39, 0.29) is 17.0 Å². The molecule has 1 N–H and O–H groups in total. The third-order valence-corrected chi connectivity index (χ3v) is 4.43. The number of rotatable bonds is 3. The Morgan fingerprint density at radius 3 is 2.55 bits per heavy atom. The third kappa shape index (κ3) is 3.30. The molecular formula is C15H20ClFN2O. The van der Waals surface area contributed by atoms with E-state index in [1.54, 1.807) is 4.90 Å². The lowest BCUT2D eigenvalue weighted by atomic mass is 9.90. The largest absolute Gasteiger partial charge is 0.339 e. The number of hydrogen-bond acceptors (Lipinski definition) is 2. The summed E-state index contributed by atoms with van der Waals surface area (Å²) in [6, 6.07) is 4.92. The van der Waals surface area contributed by atoms with Crippen LogP contribution in [-0.2, 0) is 0 Å². The molecule has 0 bridgehead atoms. The van der Waals surface area contributed by atoms with E-state index in [0.29, 0.717) is 11.6 Å². The third-order valence-electron chi connectivity index (χ3n) is 4.14. The summed E-state index contributed by atoms with van der Waals surface area (Å²) in [5.74, 6) is -0.597. The van der Waals surface area contributed by atoms with Crippen LogP contribution in [0.3, 0.4) is 0 Å². The van der Waals surface area contributed by atoms with Crippen molar-refractivity contribution < 1.29 is 9.18 Å². The Bertz CT molecular complexity index is 487. The Labute approximate surface area is 124 Å². The van der Waals surface area contributed by atoms with Gasteiger partial charge in [-0.25, -0.2) is 4.39 Å². The molecule has 3 nitrogen and oxygen atoms in total. The fraction of sp³-hybridized carbons (Fsp3) is 0.533. The molecule has 2 rings (SSSR count). The molecule has 0 radical (unpaired) electrons. The topological polar surface area (TPSA) is 32.3 Å². The lowest BCUT2D eigenvalue weighted by Crippen LogP contribution is -2.42. The van der Waals surface area contributed by atoms with E-state index in [1.165, 1.54) is 18.2 Å². The van der Waals surface area contributed by atoms with Gasteiger partial charge in [0, 0.05) is 24.7 Å². The van der Waals surface area contributed by atoms with Crippen molar-refractivity contribution >= 4 is 17.5 Å². The van der Waals surface area contributed by atoms with Crippen LogP contribution in [0.4, 0.5) is 4.39 Å². The second-order valence-corrected chi connectivity index (χ2v) is 5.75. The summed E-state index contributed by atoms with van der Waals surface area (Å²) < 4.78 is 13.1. The quantitative estimate of drug-likeness (QED) is 0.930. The number of hydrogen-bond donors (Lipinski definition) is 1. The van der Waals surface area contributed by atoms with Gasteiger partial charge in [0.25, 0.3) is 5.91 Å². The molecule has 1 aromatic rings. The van der Waals surface area contributed by atoms with Crippen molar-refractivity contribution in [3.05, 3.63) is 34.6 Å². The molecule has 1 amide bonds. The van der Waals surface area contributed by atoms with Crippen LogP contribution in [0, 0.1) is 5.82 Å². The first-order valence-corrected chi connectivity index (χ1v) is 7.30. The first kappa shape index (κ1) is 15.3. The molecule has 1 aliphatic carbocycles. The van der Waals surface area contributed by atoms with E-state index in [0.717, 1.165) is 25.7 Å². The highest BCUT2D eigenvalue weighted by molar-refractivity contribution is 6.31. The molecule has 0 atom stereocenters. The number of halogens is 2. The number of carbonyl (C=O) groups is 1. The minimum Gasteiger partial charge on any atom is -0.339 e. The zero-order valence-electron chi connectivity index (χ0n) is 11.8. The molecule has 1 fully saturated rings. The Hall–Kier alpha value is -1.13. The standard InChI is InChI=1S/C15H20ClFN2O/c1-18-11-4-6-12(7-5-11)19(2)15(20)10-3-8-14(17)13(16)9-10/h3,8-9,11-12,18H,4-7H2,1-2H3. The van der Waals surface area contributed by atoms with Gasteiger partial charge in [-0.05, 0) is 50.9 Å². The summed E-state index contributed by atoms with van der Waals surface area (Å²) in [4.78, 5) is 14.1. The SMILES string of the molecule is CNC1CCC(N(C)C(=O)c2ccc(F)c(Cl)c2)CC1. The fourth-order valence-corrected chi connectivity index (χ4v) is 2.93. The van der Waals surface area contributed by atoms with Gasteiger partial charge in [0.2, 0.25) is 0 Å². The van der Waals surface area contributed by atoms with Gasteiger partial charge < -0.3 is 10.2 Å². The van der Waals surface area contributed by atoms with Crippen molar-refractivity contribution in [3.63, 3.8) is 0 Å². The van der Waals surface area contributed by atoms with E-state index >= 15 is 0 Å². The minimum absolute atomic E-state index is 0.0110. The molecule has 1 aliphatic rings. The lowest BCUT2D eigenvalue weighted by Gasteiger charge is -2.34. The number of amides is 1. The predicted molar refractivity (Wildman–Crippen MR) is 78.6 cm³/mol. The molecule has 0 aliphatic heterocycles. The average Bonchev–Trinajstić information content (AvgIpc) is 2.48. The van der Waals surface area contributed by atoms with E-state index < -0.39 is 5.82 Å². The van der Waals surface area contributed by atoms with Gasteiger partial charge in [-0.15, -0.1) is 0 Å². The van der Waals surface area contributed by atoms with Crippen molar-refractivity contribution in [2.24, 2.45) is 0 Å². The van der Waals surface area contributed by atoms with E-state index in [9.17, 15) is 9.18 Å². The molecular weight excluding hydrogens is 279 g/mol. The minimum atomic E-state index is -0.500. The van der Waals surface area contributed by atoms with Crippen LogP contribution in [0.25, 0.3) is 0 Å². The number of benzene rings is 1. The molecule has 1 saturated carbocycles. The number of nitrogens with zero attached hydrogens (tertiary/aromatic N) is 1. The van der Waals surface area contributed by atoms with Crippen LogP contribution in [0.1, 0.15) is 36.0 Å². The summed E-state index contributed by atoms with van der Waals surface area (Å²) in [6.45, 7) is 0. The number of carbonyl (C=O) groups excluding carboxylic acids is 1. The van der Waals surface area contributed by atoms with Gasteiger partial charge in [-0.1, -0.05) is 11.6 Å². The van der Waals surface area contributed by atoms with E-state index in [1.807, 2.05) is 14.1 Å². The predicted octanol–water partition coefficient (Wildman–Crippen LogP) is 3.08. The molecule has 0 heterocycles. The first-order valence-electron chi connectivity index (χ1n) is 6.92. The van der Waals surface area contributed by atoms with E-state index in [2.05, 4.69) is 5.32 Å². The highest BCUT2D eigenvalue weighted by Gasteiger charge is 2.26. The summed E-state index contributed by atoms with van der Waals surface area (Å²) in [5.41, 5.74) is 0.439. The Morgan fingerprint density at radius 2 is 2.00 bits per heavy atom. The van der Waals surface area contributed by atoms with Crippen molar-refractivity contribution in [2.75, 3.05) is 14.1 Å². The molecule has 0 spiro atoms. The normalized spacial score (nSPS) is 22.6. The molecule has 110 valence electrons. The van der Waals surface area contributed by atoms with Gasteiger partial charge in [0.1, 0.15) is 5.82 Å². The number of nitrogens with one attached hydrogen (secondary N) is 1. The maximum absolute atomic E-state index is 13.1. The summed E-state index contributed by atoms with van der Waals surface area (Å²) in [6.07, 6.45) is 4.12. The van der Waals surface area contributed by atoms with Crippen LogP contribution in [-0.4, -0.2) is 37.0 Å². The van der Waals surface area contributed by atoms with Crippen LogP contribution < -0.4 is 5.32 Å².